The van der Waals surface area contributed by atoms with Gasteiger partial charge in [-0.25, -0.2) is 4.57 Å². The van der Waals surface area contributed by atoms with Gasteiger partial charge in [0.2, 0.25) is 0 Å². The summed E-state index contributed by atoms with van der Waals surface area (Å²) in [5.74, 6) is -0.788. The molecule has 0 aliphatic heterocycles. The molecule has 0 saturated heterocycles. The van der Waals surface area contributed by atoms with Crippen LogP contribution < -0.4 is 0 Å². The van der Waals surface area contributed by atoms with Crippen LogP contribution in [0, 0.1) is 0 Å². The van der Waals surface area contributed by atoms with Crippen molar-refractivity contribution in [2.75, 3.05) is 47.5 Å². The van der Waals surface area contributed by atoms with Crippen LogP contribution in [-0.2, 0) is 32.7 Å². The van der Waals surface area contributed by atoms with Gasteiger partial charge in [-0.15, -0.1) is 0 Å². The molecule has 0 aromatic heterocycles. The van der Waals surface area contributed by atoms with E-state index in [0.29, 0.717) is 23.9 Å². The molecule has 0 radical (unpaired) electrons. The van der Waals surface area contributed by atoms with Crippen molar-refractivity contribution in [3.63, 3.8) is 0 Å². The molecule has 0 rings (SSSR count). The number of phosphoric acid groups is 1. The van der Waals surface area contributed by atoms with Crippen LogP contribution in [0.3, 0.4) is 0 Å². The zero-order valence-corrected chi connectivity index (χ0v) is 61.0. The highest BCUT2D eigenvalue weighted by Gasteiger charge is 2.27. The Morgan fingerprint density at radius 2 is 0.633 bits per heavy atom. The molecule has 0 aromatic rings. The molecule has 0 fully saturated rings. The molecule has 9 nitrogen and oxygen atoms in total. The Kier molecular flexibility index (Phi) is 68.8. The van der Waals surface area contributed by atoms with Crippen molar-refractivity contribution in [3.8, 4) is 0 Å². The summed E-state index contributed by atoms with van der Waals surface area (Å²) in [4.78, 5) is 35.9. The quantitative estimate of drug-likeness (QED) is 0.0211. The summed E-state index contributed by atoms with van der Waals surface area (Å²) >= 11 is 0. The molecular weight excluding hydrogens is 1130 g/mol. The van der Waals surface area contributed by atoms with Gasteiger partial charge in [-0.05, 0) is 64.2 Å². The minimum atomic E-state index is -4.40. The summed E-state index contributed by atoms with van der Waals surface area (Å²) in [5, 5.41) is 0. The first-order valence-corrected chi connectivity index (χ1v) is 40.2. The van der Waals surface area contributed by atoms with Crippen LogP contribution in [0.15, 0.2) is 72.9 Å². The highest BCUT2D eigenvalue weighted by molar-refractivity contribution is 7.47. The van der Waals surface area contributed by atoms with Crippen molar-refractivity contribution in [1.82, 2.24) is 0 Å². The Morgan fingerprint density at radius 3 is 0.944 bits per heavy atom. The van der Waals surface area contributed by atoms with Crippen molar-refractivity contribution in [2.24, 2.45) is 0 Å². The number of rotatable bonds is 72. The zero-order chi connectivity index (χ0) is 65.5. The highest BCUT2D eigenvalue weighted by atomic mass is 31.2. The van der Waals surface area contributed by atoms with Crippen LogP contribution >= 0.6 is 7.82 Å². The molecule has 0 bridgehead atoms. The number of nitrogens with zero attached hydrogens (tertiary/aromatic N) is 1. The van der Waals surface area contributed by atoms with Crippen LogP contribution in [0.1, 0.15) is 373 Å². The fraction of sp³-hybridized carbons (Fsp3) is 0.825. The molecule has 0 aromatic carbocycles. The summed E-state index contributed by atoms with van der Waals surface area (Å²) in [5.41, 5.74) is 0. The largest absolute Gasteiger partial charge is 0.472 e. The van der Waals surface area contributed by atoms with E-state index in [-0.39, 0.29) is 25.6 Å². The Bertz CT molecular complexity index is 1750. The van der Waals surface area contributed by atoms with E-state index in [0.717, 1.165) is 83.5 Å². The van der Waals surface area contributed by atoms with E-state index in [1.165, 1.54) is 257 Å². The number of phosphoric ester groups is 1. The lowest BCUT2D eigenvalue weighted by Crippen LogP contribution is -2.37. The first kappa shape index (κ1) is 87.5. The predicted octanol–water partition coefficient (Wildman–Crippen LogP) is 25.5. The van der Waals surface area contributed by atoms with E-state index in [1.807, 2.05) is 21.1 Å². The van der Waals surface area contributed by atoms with Gasteiger partial charge < -0.3 is 18.9 Å². The van der Waals surface area contributed by atoms with Gasteiger partial charge in [0.05, 0.1) is 27.7 Å². The number of hydrogen-bond donors (Lipinski definition) is 1. The van der Waals surface area contributed by atoms with E-state index < -0.39 is 26.5 Å². The van der Waals surface area contributed by atoms with Crippen LogP contribution in [-0.4, -0.2) is 74.9 Å². The maximum atomic E-state index is 12.9. The van der Waals surface area contributed by atoms with Crippen LogP contribution in [0.4, 0.5) is 0 Å². The minimum Gasteiger partial charge on any atom is -0.462 e. The average molecular weight is 1280 g/mol. The summed E-state index contributed by atoms with van der Waals surface area (Å²) in [6, 6.07) is 0. The third kappa shape index (κ3) is 74.5. The summed E-state index contributed by atoms with van der Waals surface area (Å²) in [6.07, 6.45) is 96.2. The van der Waals surface area contributed by atoms with E-state index in [2.05, 4.69) is 86.8 Å². The third-order valence-corrected chi connectivity index (χ3v) is 18.2. The molecule has 10 heteroatoms. The van der Waals surface area contributed by atoms with Gasteiger partial charge >= 0.3 is 19.8 Å². The lowest BCUT2D eigenvalue weighted by Gasteiger charge is -2.24. The van der Waals surface area contributed by atoms with E-state index in [4.69, 9.17) is 18.5 Å². The summed E-state index contributed by atoms with van der Waals surface area (Å²) in [7, 11) is 1.48. The van der Waals surface area contributed by atoms with Gasteiger partial charge in [0.25, 0.3) is 0 Å². The number of carbonyl (C=O) groups is 2. The second-order valence-electron chi connectivity index (χ2n) is 27.4. The normalized spacial score (nSPS) is 13.4. The van der Waals surface area contributed by atoms with Crippen LogP contribution in [0.25, 0.3) is 0 Å². The number of quaternary nitrogens is 1. The number of allylic oxidation sites excluding steroid dienone is 12. The molecule has 526 valence electrons. The molecule has 0 heterocycles. The Labute approximate surface area is 559 Å². The molecule has 1 N–H and O–H groups in total. The maximum Gasteiger partial charge on any atom is 0.472 e. The topological polar surface area (TPSA) is 108 Å². The lowest BCUT2D eigenvalue weighted by atomic mass is 10.0. The SMILES string of the molecule is CC/C=C\C/C=C\C/C=C\C/C=C\C/C=C\C/C=C\CCCCCCCCCCCCC(=O)OC(COC(=O)CCCCCCCCCCCCCCCCCCCCCCCCCCCCCCCCCCCCCCC)COP(=O)(O)OCC[N+](C)(C)C. The molecule has 2 atom stereocenters. The van der Waals surface area contributed by atoms with E-state index >= 15 is 0 Å². The number of unbranched alkanes of at least 4 members (excludes halogenated alkanes) is 46. The number of esters is 2. The van der Waals surface area contributed by atoms with Crippen LogP contribution in [0.5, 0.6) is 0 Å². The second kappa shape index (κ2) is 70.8. The fourth-order valence-electron chi connectivity index (χ4n) is 11.4. The number of hydrogen-bond acceptors (Lipinski definition) is 7. The fourth-order valence-corrected chi connectivity index (χ4v) is 12.1. The first-order chi connectivity index (χ1) is 44.0. The van der Waals surface area contributed by atoms with Crippen molar-refractivity contribution in [1.29, 1.82) is 0 Å². The molecule has 90 heavy (non-hydrogen) atoms. The van der Waals surface area contributed by atoms with Gasteiger partial charge in [-0.3, -0.25) is 18.6 Å². The summed E-state index contributed by atoms with van der Waals surface area (Å²) < 4.78 is 34.8. The maximum absolute atomic E-state index is 12.9. The Balaban J connectivity index is 3.95. The molecule has 2 unspecified atom stereocenters. The Hall–Kier alpha value is -2.55. The molecule has 0 saturated carbocycles. The third-order valence-electron chi connectivity index (χ3n) is 17.3. The van der Waals surface area contributed by atoms with Crippen molar-refractivity contribution >= 4 is 19.8 Å². The molecular formula is C80H149NO8P+. The Morgan fingerprint density at radius 1 is 0.356 bits per heavy atom. The monoisotopic (exact) mass is 1280 g/mol. The van der Waals surface area contributed by atoms with Gasteiger partial charge in [0.15, 0.2) is 6.10 Å². The molecule has 0 spiro atoms. The number of carbonyl (C=O) groups excluding carboxylic acids is 2. The van der Waals surface area contributed by atoms with Crippen LogP contribution in [0.2, 0.25) is 0 Å². The molecule has 0 aliphatic carbocycles. The lowest BCUT2D eigenvalue weighted by molar-refractivity contribution is -0.870. The summed E-state index contributed by atoms with van der Waals surface area (Å²) in [6.45, 7) is 4.37. The van der Waals surface area contributed by atoms with Crippen molar-refractivity contribution in [3.05, 3.63) is 72.9 Å². The second-order valence-corrected chi connectivity index (χ2v) is 28.8. The minimum absolute atomic E-state index is 0.0300. The first-order valence-electron chi connectivity index (χ1n) is 38.7. The van der Waals surface area contributed by atoms with E-state index in [9.17, 15) is 19.0 Å². The highest BCUT2D eigenvalue weighted by Crippen LogP contribution is 2.43. The zero-order valence-electron chi connectivity index (χ0n) is 60.1. The smallest absolute Gasteiger partial charge is 0.462 e. The molecule has 0 aliphatic rings. The van der Waals surface area contributed by atoms with Crippen molar-refractivity contribution < 1.29 is 42.1 Å². The number of ether oxygens (including phenoxy) is 2. The van der Waals surface area contributed by atoms with Gasteiger partial charge in [0, 0.05) is 12.8 Å². The average Bonchev–Trinajstić information content (AvgIpc) is 3.58. The van der Waals surface area contributed by atoms with Gasteiger partial charge in [0.1, 0.15) is 19.8 Å². The van der Waals surface area contributed by atoms with Crippen molar-refractivity contribution in [2.45, 2.75) is 380 Å². The predicted molar refractivity (Wildman–Crippen MR) is 390 cm³/mol. The standard InChI is InChI=1S/C80H148NO8P/c1-6-8-10-12-14-16-18-20-22-24-26-28-30-32-34-36-37-38-39-40-41-42-43-45-46-48-50-52-54-56-58-60-62-64-66-68-70-72-79(82)86-76-78(77-88-90(84,85)87-75-74-81(3,4)5)89-80(83)73-71-69-67-65-63-61-59-57-55-53-51-49-47-44-35-33-31-29-27-25-23-21-19-17-15-13-11-9-7-2/h9,11,15,17,21,23,27,29,33,35,47,49,78H,6-8,10,12-14,16,18-20,22,24-26,28,30-32,34,36-46,48,50-77H2,1-5H3/p+1/b11-9-,17-15-,23-21-,29-27-,35-33-,49-47-. The van der Waals surface area contributed by atoms with Gasteiger partial charge in [-0.2, -0.15) is 0 Å². The van der Waals surface area contributed by atoms with Gasteiger partial charge in [-0.1, -0.05) is 369 Å². The van der Waals surface area contributed by atoms with E-state index in [1.54, 1.807) is 0 Å². The molecule has 0 amide bonds. The number of likely N-dealkylation sites (N-methyl/N-ethyl adjacent to an activating group) is 1.